The van der Waals surface area contributed by atoms with Crippen LogP contribution in [0.2, 0.25) is 0 Å². The predicted molar refractivity (Wildman–Crippen MR) is 101 cm³/mol. The molecule has 2 amide bonds. The van der Waals surface area contributed by atoms with Crippen LogP contribution in [-0.2, 0) is 4.74 Å². The SMILES string of the molecule is COC(=O)c1ccc(C(=O)N2CCC(NC(=O)c3ccccc3)CC2)cc1. The fourth-order valence-corrected chi connectivity index (χ4v) is 3.13. The van der Waals surface area contributed by atoms with E-state index in [-0.39, 0.29) is 17.9 Å². The molecule has 6 nitrogen and oxygen atoms in total. The Morgan fingerprint density at radius 2 is 1.48 bits per heavy atom. The number of nitrogens with one attached hydrogen (secondary N) is 1. The lowest BCUT2D eigenvalue weighted by Crippen LogP contribution is -2.46. The highest BCUT2D eigenvalue weighted by Gasteiger charge is 2.25. The van der Waals surface area contributed by atoms with Crippen LogP contribution >= 0.6 is 0 Å². The number of likely N-dealkylation sites (tertiary alicyclic amines) is 1. The molecule has 0 saturated carbocycles. The molecule has 0 aliphatic carbocycles. The van der Waals surface area contributed by atoms with E-state index in [1.54, 1.807) is 41.3 Å². The summed E-state index contributed by atoms with van der Waals surface area (Å²) in [6.07, 6.45) is 1.43. The Bertz CT molecular complexity index is 810. The van der Waals surface area contributed by atoms with Crippen molar-refractivity contribution in [1.82, 2.24) is 10.2 Å². The van der Waals surface area contributed by atoms with Crippen LogP contribution in [0.5, 0.6) is 0 Å². The van der Waals surface area contributed by atoms with Gasteiger partial charge in [0.2, 0.25) is 0 Å². The Morgan fingerprint density at radius 3 is 2.07 bits per heavy atom. The summed E-state index contributed by atoms with van der Waals surface area (Å²) in [7, 11) is 1.32. The van der Waals surface area contributed by atoms with Gasteiger partial charge >= 0.3 is 5.97 Å². The van der Waals surface area contributed by atoms with Gasteiger partial charge in [-0.1, -0.05) is 18.2 Å². The summed E-state index contributed by atoms with van der Waals surface area (Å²) in [5, 5.41) is 3.03. The van der Waals surface area contributed by atoms with E-state index < -0.39 is 5.97 Å². The molecule has 1 aliphatic heterocycles. The Balaban J connectivity index is 1.53. The zero-order valence-corrected chi connectivity index (χ0v) is 15.2. The lowest BCUT2D eigenvalue weighted by atomic mass is 10.0. The highest BCUT2D eigenvalue weighted by molar-refractivity contribution is 5.96. The van der Waals surface area contributed by atoms with E-state index in [1.807, 2.05) is 18.2 Å². The first-order chi connectivity index (χ1) is 13.1. The highest BCUT2D eigenvalue weighted by Crippen LogP contribution is 2.15. The maximum Gasteiger partial charge on any atom is 0.337 e. The zero-order valence-electron chi connectivity index (χ0n) is 15.2. The van der Waals surface area contributed by atoms with Crippen LogP contribution < -0.4 is 5.32 Å². The Labute approximate surface area is 158 Å². The molecule has 1 N–H and O–H groups in total. The molecule has 0 aromatic heterocycles. The van der Waals surface area contributed by atoms with Gasteiger partial charge in [0, 0.05) is 30.3 Å². The Kier molecular flexibility index (Phi) is 5.86. The number of hydrogen-bond donors (Lipinski definition) is 1. The summed E-state index contributed by atoms with van der Waals surface area (Å²) in [4.78, 5) is 38.1. The van der Waals surface area contributed by atoms with Crippen LogP contribution in [0.25, 0.3) is 0 Å². The summed E-state index contributed by atoms with van der Waals surface area (Å²) in [6.45, 7) is 1.16. The van der Waals surface area contributed by atoms with Gasteiger partial charge in [-0.15, -0.1) is 0 Å². The number of benzene rings is 2. The molecule has 0 radical (unpaired) electrons. The second-order valence-electron chi connectivity index (χ2n) is 6.47. The molecule has 0 unspecified atom stereocenters. The average Bonchev–Trinajstić information content (AvgIpc) is 2.74. The maximum absolute atomic E-state index is 12.6. The number of hydrogen-bond acceptors (Lipinski definition) is 4. The number of methoxy groups -OCH3 is 1. The quantitative estimate of drug-likeness (QED) is 0.844. The van der Waals surface area contributed by atoms with Crippen molar-refractivity contribution in [2.24, 2.45) is 0 Å². The average molecular weight is 366 g/mol. The number of carbonyl (C=O) groups is 3. The van der Waals surface area contributed by atoms with E-state index in [0.717, 1.165) is 0 Å². The molecule has 1 saturated heterocycles. The lowest BCUT2D eigenvalue weighted by Gasteiger charge is -2.32. The van der Waals surface area contributed by atoms with Crippen molar-refractivity contribution in [3.05, 3.63) is 71.3 Å². The Morgan fingerprint density at radius 1 is 0.889 bits per heavy atom. The molecule has 3 rings (SSSR count). The number of nitrogens with zero attached hydrogens (tertiary/aromatic N) is 1. The van der Waals surface area contributed by atoms with Gasteiger partial charge < -0.3 is 15.0 Å². The van der Waals surface area contributed by atoms with E-state index in [4.69, 9.17) is 0 Å². The van der Waals surface area contributed by atoms with Crippen LogP contribution in [-0.4, -0.2) is 48.9 Å². The van der Waals surface area contributed by atoms with E-state index in [2.05, 4.69) is 10.1 Å². The zero-order chi connectivity index (χ0) is 19.2. The largest absolute Gasteiger partial charge is 0.465 e. The molecule has 6 heteroatoms. The first-order valence-electron chi connectivity index (χ1n) is 8.92. The summed E-state index contributed by atoms with van der Waals surface area (Å²) < 4.78 is 4.66. The smallest absolute Gasteiger partial charge is 0.337 e. The minimum Gasteiger partial charge on any atom is -0.465 e. The summed E-state index contributed by atoms with van der Waals surface area (Å²) in [5.41, 5.74) is 1.59. The molecule has 1 heterocycles. The molecule has 140 valence electrons. The molecule has 0 bridgehead atoms. The van der Waals surface area contributed by atoms with Crippen LogP contribution in [0.3, 0.4) is 0 Å². The van der Waals surface area contributed by atoms with Gasteiger partial charge in [0.1, 0.15) is 0 Å². The second kappa shape index (κ2) is 8.49. The van der Waals surface area contributed by atoms with Crippen LogP contribution in [0, 0.1) is 0 Å². The third-order valence-electron chi connectivity index (χ3n) is 4.71. The van der Waals surface area contributed by atoms with Gasteiger partial charge in [0.25, 0.3) is 11.8 Å². The first kappa shape index (κ1) is 18.6. The van der Waals surface area contributed by atoms with Crippen LogP contribution in [0.4, 0.5) is 0 Å². The number of rotatable bonds is 4. The fourth-order valence-electron chi connectivity index (χ4n) is 3.13. The monoisotopic (exact) mass is 366 g/mol. The van der Waals surface area contributed by atoms with Crippen molar-refractivity contribution in [3.63, 3.8) is 0 Å². The van der Waals surface area contributed by atoms with Crippen molar-refractivity contribution in [1.29, 1.82) is 0 Å². The summed E-state index contributed by atoms with van der Waals surface area (Å²) in [5.74, 6) is -0.581. The predicted octanol–water partition coefficient (Wildman–Crippen LogP) is 2.51. The number of ether oxygens (including phenoxy) is 1. The Hall–Kier alpha value is -3.15. The van der Waals surface area contributed by atoms with Crippen molar-refractivity contribution in [2.45, 2.75) is 18.9 Å². The molecule has 27 heavy (non-hydrogen) atoms. The summed E-state index contributed by atoms with van der Waals surface area (Å²) >= 11 is 0. The summed E-state index contributed by atoms with van der Waals surface area (Å²) in [6, 6.07) is 15.6. The molecular formula is C21H22N2O4. The molecular weight excluding hydrogens is 344 g/mol. The van der Waals surface area contributed by atoms with Gasteiger partial charge in [0.15, 0.2) is 0 Å². The van der Waals surface area contributed by atoms with Crippen LogP contribution in [0.15, 0.2) is 54.6 Å². The lowest BCUT2D eigenvalue weighted by molar-refractivity contribution is 0.0598. The van der Waals surface area contributed by atoms with E-state index in [1.165, 1.54) is 7.11 Å². The van der Waals surface area contributed by atoms with Crippen molar-refractivity contribution >= 4 is 17.8 Å². The van der Waals surface area contributed by atoms with Gasteiger partial charge in [-0.2, -0.15) is 0 Å². The van der Waals surface area contributed by atoms with E-state index in [9.17, 15) is 14.4 Å². The molecule has 2 aromatic carbocycles. The van der Waals surface area contributed by atoms with Gasteiger partial charge in [0.05, 0.1) is 12.7 Å². The van der Waals surface area contributed by atoms with Crippen molar-refractivity contribution in [2.75, 3.05) is 20.2 Å². The van der Waals surface area contributed by atoms with Gasteiger partial charge in [-0.05, 0) is 49.2 Å². The first-order valence-corrected chi connectivity index (χ1v) is 8.92. The fraction of sp³-hybridized carbons (Fsp3) is 0.286. The van der Waals surface area contributed by atoms with Crippen molar-refractivity contribution in [3.8, 4) is 0 Å². The highest BCUT2D eigenvalue weighted by atomic mass is 16.5. The minimum atomic E-state index is -0.427. The van der Waals surface area contributed by atoms with Crippen molar-refractivity contribution < 1.29 is 19.1 Å². The minimum absolute atomic E-state index is 0.0588. The third-order valence-corrected chi connectivity index (χ3v) is 4.71. The molecule has 1 aliphatic rings. The molecule has 0 atom stereocenters. The topological polar surface area (TPSA) is 75.7 Å². The van der Waals surface area contributed by atoms with Gasteiger partial charge in [-0.3, -0.25) is 9.59 Å². The molecule has 1 fully saturated rings. The normalized spacial score (nSPS) is 14.5. The maximum atomic E-state index is 12.6. The number of piperidine rings is 1. The third kappa shape index (κ3) is 4.53. The standard InChI is InChI=1S/C21H22N2O4/c1-27-21(26)17-9-7-16(8-10-17)20(25)23-13-11-18(12-14-23)22-19(24)15-5-3-2-4-6-15/h2-10,18H,11-14H2,1H3,(H,22,24). The number of amides is 2. The van der Waals surface area contributed by atoms with E-state index >= 15 is 0 Å². The second-order valence-corrected chi connectivity index (χ2v) is 6.47. The van der Waals surface area contributed by atoms with E-state index in [0.29, 0.717) is 42.6 Å². The van der Waals surface area contributed by atoms with Crippen LogP contribution in [0.1, 0.15) is 43.9 Å². The molecule has 0 spiro atoms. The molecule has 2 aromatic rings. The number of carbonyl (C=O) groups excluding carboxylic acids is 3. The van der Waals surface area contributed by atoms with Gasteiger partial charge in [-0.25, -0.2) is 4.79 Å². The number of esters is 1.